The Morgan fingerprint density at radius 3 is 1.69 bits per heavy atom. The van der Waals surface area contributed by atoms with Gasteiger partial charge in [0.2, 0.25) is 0 Å². The second-order valence-electron chi connectivity index (χ2n) is 15.3. The van der Waals surface area contributed by atoms with Gasteiger partial charge in [-0.15, -0.1) is 0 Å². The number of benzene rings is 10. The van der Waals surface area contributed by atoms with Crippen molar-refractivity contribution < 1.29 is 4.42 Å². The van der Waals surface area contributed by atoms with Crippen molar-refractivity contribution >= 4 is 82.4 Å². The Balaban J connectivity index is 1.18. The Hall–Kier alpha value is -7.88. The molecule has 0 amide bonds. The fraction of sp³-hybridized carbons (Fsp3) is 0. The molecule has 0 saturated heterocycles. The molecule has 0 fully saturated rings. The summed E-state index contributed by atoms with van der Waals surface area (Å²) in [7, 11) is 0. The zero-order valence-electron chi connectivity index (χ0n) is 32.1. The summed E-state index contributed by atoms with van der Waals surface area (Å²) < 4.78 is 9.13. The Bertz CT molecular complexity index is 3540. The average molecular weight is 753 g/mol. The van der Waals surface area contributed by atoms with Gasteiger partial charge >= 0.3 is 0 Å². The Morgan fingerprint density at radius 1 is 0.339 bits per heavy atom. The SMILES string of the molecule is c1ccc(-c2ccc(N(c3ccc4ccccc4c3)c3ccc4c(c3)c3c(-c5ccc6ccccc6c5)c5c(cc3n4-c3ccccc3)oc3ccccc35)cc2)cc1. The highest BCUT2D eigenvalue weighted by atomic mass is 16.3. The highest BCUT2D eigenvalue weighted by Crippen LogP contribution is 2.48. The molecular formula is C56H36N2O. The number of anilines is 3. The van der Waals surface area contributed by atoms with Crippen LogP contribution in [0.3, 0.4) is 0 Å². The molecule has 2 aromatic heterocycles. The van der Waals surface area contributed by atoms with Crippen molar-refractivity contribution in [1.82, 2.24) is 4.57 Å². The van der Waals surface area contributed by atoms with Gasteiger partial charge in [0.15, 0.2) is 0 Å². The number of aromatic nitrogens is 1. The highest BCUT2D eigenvalue weighted by molar-refractivity contribution is 6.27. The quantitative estimate of drug-likeness (QED) is 0.169. The lowest BCUT2D eigenvalue weighted by atomic mass is 9.92. The van der Waals surface area contributed by atoms with Crippen molar-refractivity contribution in [2.24, 2.45) is 0 Å². The van der Waals surface area contributed by atoms with Crippen LogP contribution in [0, 0.1) is 0 Å². The molecule has 2 heterocycles. The van der Waals surface area contributed by atoms with Gasteiger partial charge < -0.3 is 13.9 Å². The fourth-order valence-electron chi connectivity index (χ4n) is 9.20. The minimum atomic E-state index is 0.873. The topological polar surface area (TPSA) is 21.3 Å². The largest absolute Gasteiger partial charge is 0.456 e. The smallest absolute Gasteiger partial charge is 0.138 e. The fourth-order valence-corrected chi connectivity index (χ4v) is 9.20. The molecule has 12 rings (SSSR count). The third-order valence-corrected chi connectivity index (χ3v) is 11.9. The maximum absolute atomic E-state index is 6.73. The first-order valence-electron chi connectivity index (χ1n) is 20.2. The summed E-state index contributed by atoms with van der Waals surface area (Å²) in [5.74, 6) is 0. The molecule has 12 aromatic rings. The van der Waals surface area contributed by atoms with E-state index in [4.69, 9.17) is 4.42 Å². The van der Waals surface area contributed by atoms with Crippen LogP contribution in [0.1, 0.15) is 0 Å². The van der Waals surface area contributed by atoms with E-state index in [9.17, 15) is 0 Å². The monoisotopic (exact) mass is 752 g/mol. The number of nitrogens with zero attached hydrogens (tertiary/aromatic N) is 2. The van der Waals surface area contributed by atoms with Crippen LogP contribution in [0.2, 0.25) is 0 Å². The van der Waals surface area contributed by atoms with Crippen LogP contribution in [0.4, 0.5) is 17.1 Å². The second-order valence-corrected chi connectivity index (χ2v) is 15.3. The molecule has 10 aromatic carbocycles. The third kappa shape index (κ3) is 5.44. The highest BCUT2D eigenvalue weighted by Gasteiger charge is 2.24. The van der Waals surface area contributed by atoms with Crippen molar-refractivity contribution in [2.75, 3.05) is 4.90 Å². The van der Waals surface area contributed by atoms with Crippen molar-refractivity contribution in [2.45, 2.75) is 0 Å². The number of fused-ring (bicyclic) bond motifs is 8. The summed E-state index contributed by atoms with van der Waals surface area (Å²) in [5.41, 5.74) is 13.1. The summed E-state index contributed by atoms with van der Waals surface area (Å²) in [4.78, 5) is 2.40. The van der Waals surface area contributed by atoms with Gasteiger partial charge in [-0.1, -0.05) is 146 Å². The first-order valence-corrected chi connectivity index (χ1v) is 20.2. The molecule has 0 spiro atoms. The Morgan fingerprint density at radius 2 is 0.915 bits per heavy atom. The van der Waals surface area contributed by atoms with E-state index >= 15 is 0 Å². The van der Waals surface area contributed by atoms with Crippen molar-refractivity contribution in [1.29, 1.82) is 0 Å². The van der Waals surface area contributed by atoms with Gasteiger partial charge in [0, 0.05) is 55.9 Å². The molecule has 0 atom stereocenters. The van der Waals surface area contributed by atoms with Crippen molar-refractivity contribution in [3.63, 3.8) is 0 Å². The predicted octanol–water partition coefficient (Wildman–Crippen LogP) is 15.8. The number of furan rings is 1. The summed E-state index contributed by atoms with van der Waals surface area (Å²) in [6, 6.07) is 78.8. The first kappa shape index (κ1) is 33.3. The Kier molecular flexibility index (Phi) is 7.54. The molecule has 0 radical (unpaired) electrons. The lowest BCUT2D eigenvalue weighted by Gasteiger charge is -2.26. The average Bonchev–Trinajstić information content (AvgIpc) is 3.84. The van der Waals surface area contributed by atoms with Gasteiger partial charge in [0.05, 0.1) is 11.0 Å². The zero-order chi connectivity index (χ0) is 38.9. The molecular weight excluding hydrogens is 717 g/mol. The first-order chi connectivity index (χ1) is 29.2. The maximum Gasteiger partial charge on any atom is 0.138 e. The molecule has 0 N–H and O–H groups in total. The molecule has 0 saturated carbocycles. The molecule has 0 aliphatic carbocycles. The minimum Gasteiger partial charge on any atom is -0.456 e. The van der Waals surface area contributed by atoms with Gasteiger partial charge in [-0.05, 0) is 105 Å². The molecule has 0 unspecified atom stereocenters. The minimum absolute atomic E-state index is 0.873. The number of hydrogen-bond donors (Lipinski definition) is 0. The molecule has 0 aliphatic heterocycles. The number of rotatable bonds is 6. The van der Waals surface area contributed by atoms with Crippen LogP contribution in [0.15, 0.2) is 223 Å². The lowest BCUT2D eigenvalue weighted by Crippen LogP contribution is -2.10. The molecule has 0 aliphatic rings. The third-order valence-electron chi connectivity index (χ3n) is 11.9. The molecule has 0 bridgehead atoms. The summed E-state index contributed by atoms with van der Waals surface area (Å²) in [6.45, 7) is 0. The zero-order valence-corrected chi connectivity index (χ0v) is 32.1. The van der Waals surface area contributed by atoms with Crippen molar-refractivity contribution in [3.8, 4) is 27.9 Å². The second kappa shape index (κ2) is 13.4. The van der Waals surface area contributed by atoms with Crippen molar-refractivity contribution in [3.05, 3.63) is 218 Å². The predicted molar refractivity (Wildman–Crippen MR) is 249 cm³/mol. The molecule has 3 heteroatoms. The normalized spacial score (nSPS) is 11.7. The van der Waals surface area contributed by atoms with E-state index in [0.717, 1.165) is 61.3 Å². The van der Waals surface area contributed by atoms with Crippen LogP contribution in [-0.2, 0) is 0 Å². The van der Waals surface area contributed by atoms with E-state index in [1.807, 2.05) is 0 Å². The van der Waals surface area contributed by atoms with Crippen LogP contribution in [0.5, 0.6) is 0 Å². The van der Waals surface area contributed by atoms with E-state index in [0.29, 0.717) is 0 Å². The number of para-hydroxylation sites is 2. The van der Waals surface area contributed by atoms with Crippen LogP contribution >= 0.6 is 0 Å². The van der Waals surface area contributed by atoms with E-state index in [2.05, 4.69) is 228 Å². The summed E-state index contributed by atoms with van der Waals surface area (Å²) >= 11 is 0. The van der Waals surface area contributed by atoms with E-state index in [1.54, 1.807) is 0 Å². The maximum atomic E-state index is 6.73. The van der Waals surface area contributed by atoms with Crippen LogP contribution in [0.25, 0.3) is 93.2 Å². The van der Waals surface area contributed by atoms with E-state index in [1.165, 1.54) is 49.0 Å². The summed E-state index contributed by atoms with van der Waals surface area (Å²) in [5, 5.41) is 9.44. The Labute approximate surface area is 341 Å². The van der Waals surface area contributed by atoms with Gasteiger partial charge in [0.1, 0.15) is 11.2 Å². The van der Waals surface area contributed by atoms with E-state index < -0.39 is 0 Å². The van der Waals surface area contributed by atoms with Gasteiger partial charge in [-0.3, -0.25) is 0 Å². The van der Waals surface area contributed by atoms with Gasteiger partial charge in [0.25, 0.3) is 0 Å². The van der Waals surface area contributed by atoms with Gasteiger partial charge in [-0.25, -0.2) is 0 Å². The van der Waals surface area contributed by atoms with Gasteiger partial charge in [-0.2, -0.15) is 0 Å². The standard InChI is InChI=1S/C56H36N2O/c1-3-13-37(14-4-1)40-25-28-45(29-26-40)57(46-30-27-39-16-8-10-18-42(39)34-46)47-31-32-50-49(35-47)55-51(58(50)44-19-5-2-6-20-44)36-53-56(48-21-11-12-22-52(48)59-53)54(55)43-24-23-38-15-7-9-17-41(38)33-43/h1-36H. The van der Waals surface area contributed by atoms with Crippen LogP contribution < -0.4 is 4.90 Å². The molecule has 59 heavy (non-hydrogen) atoms. The van der Waals surface area contributed by atoms with Crippen LogP contribution in [-0.4, -0.2) is 4.57 Å². The number of hydrogen-bond acceptors (Lipinski definition) is 2. The summed E-state index contributed by atoms with van der Waals surface area (Å²) in [6.07, 6.45) is 0. The molecule has 3 nitrogen and oxygen atoms in total. The lowest BCUT2D eigenvalue weighted by molar-refractivity contribution is 0.669. The molecule has 276 valence electrons. The van der Waals surface area contributed by atoms with E-state index in [-0.39, 0.29) is 0 Å².